The molecule has 0 aromatic heterocycles. The maximum atomic E-state index is 11.4. The van der Waals surface area contributed by atoms with Crippen molar-refractivity contribution in [3.8, 4) is 0 Å². The summed E-state index contributed by atoms with van der Waals surface area (Å²) in [7, 11) is 6.97. The molecule has 0 bridgehead atoms. The molecule has 0 rings (SSSR count). The predicted octanol–water partition coefficient (Wildman–Crippen LogP) is 0.908. The van der Waals surface area contributed by atoms with Crippen molar-refractivity contribution in [3.63, 3.8) is 0 Å². The molecular formula is C13H25NO4. The number of nitrogens with zero attached hydrogens (tertiary/aromatic N) is 1. The van der Waals surface area contributed by atoms with Gasteiger partial charge < -0.3 is 14.4 Å². The number of rotatable bonds is 11. The molecule has 0 spiro atoms. The zero-order chi connectivity index (χ0) is 14.0. The Kier molecular flexibility index (Phi) is 9.73. The van der Waals surface area contributed by atoms with Gasteiger partial charge in [0.25, 0.3) is 0 Å². The van der Waals surface area contributed by atoms with Gasteiger partial charge in [-0.05, 0) is 26.9 Å². The number of ether oxygens (including phenoxy) is 2. The highest BCUT2D eigenvalue weighted by Crippen LogP contribution is 2.11. The molecule has 0 fully saturated rings. The van der Waals surface area contributed by atoms with Crippen LogP contribution in [0, 0.1) is 0 Å². The lowest BCUT2D eigenvalue weighted by Gasteiger charge is -2.23. The lowest BCUT2D eigenvalue weighted by atomic mass is 10.0. The van der Waals surface area contributed by atoms with Crippen molar-refractivity contribution >= 4 is 11.6 Å². The Labute approximate surface area is 109 Å². The van der Waals surface area contributed by atoms with Crippen LogP contribution in [0.25, 0.3) is 0 Å². The molecular weight excluding hydrogens is 234 g/mol. The van der Waals surface area contributed by atoms with E-state index in [-0.39, 0.29) is 30.8 Å². The SMILES string of the molecule is COCC(=O)CCC(CCC(=O)COC)N(C)C. The average Bonchev–Trinajstić information content (AvgIpc) is 2.29. The summed E-state index contributed by atoms with van der Waals surface area (Å²) in [5, 5.41) is 0. The number of methoxy groups -OCH3 is 2. The third kappa shape index (κ3) is 8.33. The van der Waals surface area contributed by atoms with E-state index < -0.39 is 0 Å². The van der Waals surface area contributed by atoms with Gasteiger partial charge in [-0.25, -0.2) is 0 Å². The molecule has 0 radical (unpaired) electrons. The van der Waals surface area contributed by atoms with Gasteiger partial charge in [0.05, 0.1) is 0 Å². The zero-order valence-electron chi connectivity index (χ0n) is 11.9. The van der Waals surface area contributed by atoms with E-state index in [2.05, 4.69) is 4.90 Å². The molecule has 0 unspecified atom stereocenters. The first-order valence-corrected chi connectivity index (χ1v) is 6.19. The number of hydrogen-bond donors (Lipinski definition) is 0. The second kappa shape index (κ2) is 10.2. The molecule has 0 aromatic carbocycles. The summed E-state index contributed by atoms with van der Waals surface area (Å²) in [4.78, 5) is 24.8. The molecule has 0 aromatic rings. The number of ketones is 2. The third-order valence-corrected chi connectivity index (χ3v) is 2.85. The molecule has 0 atom stereocenters. The van der Waals surface area contributed by atoms with Crippen LogP contribution in [0.15, 0.2) is 0 Å². The highest BCUT2D eigenvalue weighted by molar-refractivity contribution is 5.80. The van der Waals surface area contributed by atoms with Crippen molar-refractivity contribution in [1.29, 1.82) is 0 Å². The second-order valence-corrected chi connectivity index (χ2v) is 4.64. The van der Waals surface area contributed by atoms with Gasteiger partial charge in [-0.15, -0.1) is 0 Å². The van der Waals surface area contributed by atoms with E-state index >= 15 is 0 Å². The number of Topliss-reactive ketones (excluding diaryl/α,β-unsaturated/α-hetero) is 2. The van der Waals surface area contributed by atoms with Gasteiger partial charge in [0, 0.05) is 33.1 Å². The summed E-state index contributed by atoms with van der Waals surface area (Å²) in [5.41, 5.74) is 0. The Morgan fingerprint density at radius 1 is 0.944 bits per heavy atom. The Hall–Kier alpha value is -0.780. The summed E-state index contributed by atoms with van der Waals surface area (Å²) in [6, 6.07) is 0.242. The van der Waals surface area contributed by atoms with Crippen molar-refractivity contribution in [2.75, 3.05) is 41.5 Å². The number of hydrogen-bond acceptors (Lipinski definition) is 5. The molecule has 0 aliphatic heterocycles. The van der Waals surface area contributed by atoms with Crippen LogP contribution in [0.1, 0.15) is 25.7 Å². The first-order chi connectivity index (χ1) is 8.51. The number of carbonyl (C=O) groups is 2. The lowest BCUT2D eigenvalue weighted by Crippen LogP contribution is -2.30. The van der Waals surface area contributed by atoms with Gasteiger partial charge in [-0.2, -0.15) is 0 Å². The fraction of sp³-hybridized carbons (Fsp3) is 0.846. The van der Waals surface area contributed by atoms with Crippen molar-refractivity contribution in [1.82, 2.24) is 4.90 Å². The molecule has 106 valence electrons. The molecule has 18 heavy (non-hydrogen) atoms. The van der Waals surface area contributed by atoms with E-state index in [1.165, 1.54) is 14.2 Å². The Morgan fingerprint density at radius 2 is 1.33 bits per heavy atom. The Balaban J connectivity index is 3.99. The highest BCUT2D eigenvalue weighted by Gasteiger charge is 2.15. The fourth-order valence-electron chi connectivity index (χ4n) is 1.78. The summed E-state index contributed by atoms with van der Waals surface area (Å²) in [5.74, 6) is 0.208. The Morgan fingerprint density at radius 3 is 1.61 bits per heavy atom. The molecule has 0 aliphatic carbocycles. The summed E-state index contributed by atoms with van der Waals surface area (Å²) in [6.45, 7) is 0.339. The Bertz CT molecular complexity index is 231. The molecule has 0 saturated carbocycles. The van der Waals surface area contributed by atoms with Gasteiger partial charge in [0.1, 0.15) is 13.2 Å². The van der Waals surface area contributed by atoms with Crippen LogP contribution >= 0.6 is 0 Å². The lowest BCUT2D eigenvalue weighted by molar-refractivity contribution is -0.123. The zero-order valence-corrected chi connectivity index (χ0v) is 11.9. The van der Waals surface area contributed by atoms with Crippen LogP contribution < -0.4 is 0 Å². The third-order valence-electron chi connectivity index (χ3n) is 2.85. The summed E-state index contributed by atoms with van der Waals surface area (Å²) in [6.07, 6.45) is 2.51. The quantitative estimate of drug-likeness (QED) is 0.552. The van der Waals surface area contributed by atoms with E-state index in [4.69, 9.17) is 9.47 Å². The molecule has 0 heterocycles. The minimum Gasteiger partial charge on any atom is -0.377 e. The predicted molar refractivity (Wildman–Crippen MR) is 69.7 cm³/mol. The second-order valence-electron chi connectivity index (χ2n) is 4.64. The topological polar surface area (TPSA) is 55.8 Å². The molecule has 5 heteroatoms. The molecule has 0 amide bonds. The first-order valence-electron chi connectivity index (χ1n) is 6.19. The van der Waals surface area contributed by atoms with Gasteiger partial charge in [-0.1, -0.05) is 0 Å². The normalized spacial score (nSPS) is 11.2. The van der Waals surface area contributed by atoms with E-state index in [1.807, 2.05) is 14.1 Å². The molecule has 0 N–H and O–H groups in total. The van der Waals surface area contributed by atoms with Crippen molar-refractivity contribution < 1.29 is 19.1 Å². The van der Waals surface area contributed by atoms with Gasteiger partial charge >= 0.3 is 0 Å². The van der Waals surface area contributed by atoms with Crippen LogP contribution in [0.2, 0.25) is 0 Å². The van der Waals surface area contributed by atoms with E-state index in [1.54, 1.807) is 0 Å². The monoisotopic (exact) mass is 259 g/mol. The smallest absolute Gasteiger partial charge is 0.158 e. The number of carbonyl (C=O) groups excluding carboxylic acids is 2. The molecule has 0 saturated heterocycles. The van der Waals surface area contributed by atoms with Crippen molar-refractivity contribution in [3.05, 3.63) is 0 Å². The minimum absolute atomic E-state index is 0.104. The summed E-state index contributed by atoms with van der Waals surface area (Å²) < 4.78 is 9.59. The largest absolute Gasteiger partial charge is 0.377 e. The van der Waals surface area contributed by atoms with Crippen LogP contribution in [0.4, 0.5) is 0 Å². The average molecular weight is 259 g/mol. The van der Waals surface area contributed by atoms with Crippen LogP contribution in [0.5, 0.6) is 0 Å². The van der Waals surface area contributed by atoms with E-state index in [9.17, 15) is 9.59 Å². The van der Waals surface area contributed by atoms with Crippen molar-refractivity contribution in [2.24, 2.45) is 0 Å². The van der Waals surface area contributed by atoms with Gasteiger partial charge in [0.2, 0.25) is 0 Å². The maximum absolute atomic E-state index is 11.4. The molecule has 0 aliphatic rings. The van der Waals surface area contributed by atoms with Gasteiger partial charge in [0.15, 0.2) is 11.6 Å². The summed E-state index contributed by atoms with van der Waals surface area (Å²) >= 11 is 0. The maximum Gasteiger partial charge on any atom is 0.158 e. The van der Waals surface area contributed by atoms with E-state index in [0.717, 1.165) is 12.8 Å². The molecule has 5 nitrogen and oxygen atoms in total. The fourth-order valence-corrected chi connectivity index (χ4v) is 1.78. The van der Waals surface area contributed by atoms with Crippen LogP contribution in [-0.4, -0.2) is 64.0 Å². The first kappa shape index (κ1) is 17.2. The van der Waals surface area contributed by atoms with Crippen molar-refractivity contribution in [2.45, 2.75) is 31.7 Å². The van der Waals surface area contributed by atoms with Gasteiger partial charge in [-0.3, -0.25) is 9.59 Å². The standard InChI is InChI=1S/C13H25NO4/c1-14(2)11(5-7-12(15)9-17-3)6-8-13(16)10-18-4/h11H,5-10H2,1-4H3. The highest BCUT2D eigenvalue weighted by atomic mass is 16.5. The van der Waals surface area contributed by atoms with Crippen LogP contribution in [-0.2, 0) is 19.1 Å². The minimum atomic E-state index is 0.104. The van der Waals surface area contributed by atoms with E-state index in [0.29, 0.717) is 12.8 Å². The van der Waals surface area contributed by atoms with Crippen LogP contribution in [0.3, 0.4) is 0 Å².